The minimum atomic E-state index is -6.07. The molecule has 384 valence electrons. The number of phosphoric ester groups is 3. The van der Waals surface area contributed by atoms with E-state index in [-0.39, 0.29) is 60.3 Å². The lowest BCUT2D eigenvalue weighted by Gasteiger charge is -2.26. The van der Waals surface area contributed by atoms with Crippen molar-refractivity contribution in [2.75, 3.05) is 58.2 Å². The number of H-pyrrole nitrogens is 1. The van der Waals surface area contributed by atoms with E-state index in [1.165, 1.54) is 21.8 Å². The molecule has 0 aromatic carbocycles. The number of hydrogen-bond acceptors (Lipinski definition) is 26. The molecule has 14 atom stereocenters. The number of aromatic nitrogens is 8. The molecule has 3 fully saturated rings. The number of aliphatic hydroxyl groups excluding tert-OH is 2. The Morgan fingerprint density at radius 1 is 0.841 bits per heavy atom. The van der Waals surface area contributed by atoms with Crippen molar-refractivity contribution in [1.82, 2.24) is 44.4 Å². The summed E-state index contributed by atoms with van der Waals surface area (Å²) in [4.78, 5) is 88.6. The largest absolute Gasteiger partial charge is 0.490 e. The Kier molecular flexibility index (Phi) is 16.4. The molecule has 0 bridgehead atoms. The Morgan fingerprint density at radius 3 is 2.17 bits per heavy atom. The highest BCUT2D eigenvalue weighted by Crippen LogP contribution is 2.68. The molecule has 3 aliphatic heterocycles. The van der Waals surface area contributed by atoms with Gasteiger partial charge in [-0.3, -0.25) is 37.0 Å². The van der Waals surface area contributed by atoms with Gasteiger partial charge >= 0.3 is 37.4 Å². The monoisotopic (exact) mass is 1070 g/mol. The number of nitrogens with one attached hydrogen (secondary N) is 2. The molecule has 7 heterocycles. The van der Waals surface area contributed by atoms with Crippen molar-refractivity contribution in [2.45, 2.75) is 74.9 Å². The average molecular weight is 1070 g/mol. The van der Waals surface area contributed by atoms with E-state index in [0.29, 0.717) is 6.42 Å². The van der Waals surface area contributed by atoms with E-state index in [9.17, 15) is 57.6 Å². The van der Waals surface area contributed by atoms with Crippen LogP contribution >= 0.6 is 31.3 Å². The molecule has 0 radical (unpaired) electrons. The number of ether oxygens (including phenoxy) is 5. The number of fused-ring (bicyclic) bond motifs is 2. The highest BCUT2D eigenvalue weighted by atomic mass is 31.3. The molecule has 1 amide bonds. The van der Waals surface area contributed by atoms with Crippen molar-refractivity contribution in [1.29, 1.82) is 0 Å². The van der Waals surface area contributed by atoms with Gasteiger partial charge < -0.3 is 70.3 Å². The van der Waals surface area contributed by atoms with Gasteiger partial charge in [-0.05, 0) is 6.42 Å². The summed E-state index contributed by atoms with van der Waals surface area (Å²) in [5.41, 5.74) is 10.9. The first-order chi connectivity index (χ1) is 32.5. The van der Waals surface area contributed by atoms with Crippen molar-refractivity contribution in [3.8, 4) is 0 Å². The third-order valence-electron chi connectivity index (χ3n) is 10.4. The van der Waals surface area contributed by atoms with Gasteiger partial charge in [0.05, 0.1) is 64.0 Å². The SMILES string of the molecule is CCCOC(=O)NC[C@H]1[C@@H](O)CO[C@@H]1COP(=O)(O)OP(=O)(O)OP(=O)(O)OC[C@H]1O[C@@H](n2cnc3c(N)ncnc32)[C@H](OC)[C@@H]1OP(=O)(O)OC[C@@H]1C[C@@H](O)[C@H](n2cnc3c(=O)[nH]c(N)nc32)O1. The first-order valence-corrected chi connectivity index (χ1v) is 26.2. The molecule has 4 unspecified atom stereocenters. The second-order valence-corrected chi connectivity index (χ2v) is 21.2. The van der Waals surface area contributed by atoms with Crippen LogP contribution in [0.4, 0.5) is 16.6 Å². The third-order valence-corrected chi connectivity index (χ3v) is 15.6. The van der Waals surface area contributed by atoms with Gasteiger partial charge in [-0.25, -0.2) is 43.0 Å². The van der Waals surface area contributed by atoms with Crippen LogP contribution in [0, 0.1) is 5.92 Å². The maximum atomic E-state index is 13.6. The molecule has 0 spiro atoms. The number of hydrogen-bond donors (Lipinski definition) is 10. The quantitative estimate of drug-likeness (QED) is 0.0425. The molecule has 0 saturated carbocycles. The minimum Gasteiger partial charge on any atom is -0.450 e. The van der Waals surface area contributed by atoms with Gasteiger partial charge in [-0.15, -0.1) is 0 Å². The van der Waals surface area contributed by atoms with E-state index in [1.54, 1.807) is 6.92 Å². The van der Waals surface area contributed by atoms with Crippen LogP contribution in [0.5, 0.6) is 0 Å². The van der Waals surface area contributed by atoms with Crippen LogP contribution in [0.1, 0.15) is 32.2 Å². The fraction of sp³-hybridized carbons (Fsp3) is 0.645. The first kappa shape index (κ1) is 52.9. The maximum absolute atomic E-state index is 13.6. The summed E-state index contributed by atoms with van der Waals surface area (Å²) in [7, 11) is -21.7. The van der Waals surface area contributed by atoms with E-state index in [2.05, 4.69) is 43.8 Å². The van der Waals surface area contributed by atoms with Crippen LogP contribution in [-0.4, -0.2) is 164 Å². The molecule has 7 rings (SSSR count). The molecular formula is C31H47N11O23P4. The lowest BCUT2D eigenvalue weighted by Crippen LogP contribution is -2.39. The minimum absolute atomic E-state index is 0.0258. The summed E-state index contributed by atoms with van der Waals surface area (Å²) >= 11 is 0. The summed E-state index contributed by atoms with van der Waals surface area (Å²) in [5, 5.41) is 23.5. The Balaban J connectivity index is 1.00. The smallest absolute Gasteiger partial charge is 0.450 e. The number of carbonyl (C=O) groups excluding carboxylic acids is 1. The number of methoxy groups -OCH3 is 1. The zero-order valence-corrected chi connectivity index (χ0v) is 39.4. The summed E-state index contributed by atoms with van der Waals surface area (Å²) in [6, 6.07) is 0. The topological polar surface area (TPSA) is 480 Å². The summed E-state index contributed by atoms with van der Waals surface area (Å²) < 4.78 is 111. The number of aliphatic hydroxyl groups is 2. The molecule has 38 heteroatoms. The van der Waals surface area contributed by atoms with Crippen LogP contribution in [0.15, 0.2) is 23.8 Å². The van der Waals surface area contributed by atoms with E-state index in [4.69, 9.17) is 53.2 Å². The van der Waals surface area contributed by atoms with Crippen LogP contribution in [-0.2, 0) is 68.7 Å². The molecule has 4 aromatic heterocycles. The fourth-order valence-electron chi connectivity index (χ4n) is 7.34. The first-order valence-electron chi connectivity index (χ1n) is 20.2. The number of carbonyl (C=O) groups is 1. The van der Waals surface area contributed by atoms with Crippen molar-refractivity contribution in [3.63, 3.8) is 0 Å². The molecule has 3 saturated heterocycles. The van der Waals surface area contributed by atoms with E-state index >= 15 is 0 Å². The summed E-state index contributed by atoms with van der Waals surface area (Å²) in [5.74, 6) is -1.21. The maximum Gasteiger partial charge on any atom is 0.490 e. The number of nitrogen functional groups attached to an aromatic ring is 2. The molecule has 34 nitrogen and oxygen atoms in total. The van der Waals surface area contributed by atoms with Gasteiger partial charge in [0.25, 0.3) is 5.56 Å². The number of nitrogens with zero attached hydrogens (tertiary/aromatic N) is 7. The highest BCUT2D eigenvalue weighted by Gasteiger charge is 2.52. The lowest BCUT2D eigenvalue weighted by molar-refractivity contribution is -0.0577. The van der Waals surface area contributed by atoms with E-state index < -0.39 is 124 Å². The Morgan fingerprint density at radius 2 is 1.49 bits per heavy atom. The van der Waals surface area contributed by atoms with Crippen LogP contribution in [0.25, 0.3) is 22.3 Å². The van der Waals surface area contributed by atoms with Crippen molar-refractivity contribution < 1.29 is 103 Å². The second-order valence-electron chi connectivity index (χ2n) is 15.2. The summed E-state index contributed by atoms with van der Waals surface area (Å²) in [6.45, 7) is -1.39. The van der Waals surface area contributed by atoms with Crippen molar-refractivity contribution in [2.24, 2.45) is 5.92 Å². The molecule has 3 aliphatic rings. The number of amides is 1. The van der Waals surface area contributed by atoms with Crippen molar-refractivity contribution >= 4 is 71.5 Å². The molecule has 12 N–H and O–H groups in total. The number of anilines is 2. The van der Waals surface area contributed by atoms with E-state index in [0.717, 1.165) is 13.4 Å². The predicted octanol–water partition coefficient (Wildman–Crippen LogP) is -0.933. The molecular weight excluding hydrogens is 1020 g/mol. The standard InChI is InChI=1S/C31H47N11O23P4/c1-3-4-56-31(46)34-6-15-17(44)8-57-18(15)9-59-67(49,50)64-69(53,54)65-68(51,52)60-10-19-22(23(55-2)29(62-19)41-12-37-20-24(32)35-11-36-25(20)41)63-66(47,48)58-7-14-5-16(43)28(61-14)42-13-38-21-26(42)39-30(33)40-27(21)45/h11-19,22-23,28-29,43-44H,3-10H2,1-2H3,(H,34,46)(H,47,48)(H,49,50)(H,51,52)(H,53,54)(H2,32,35,36)(H3,33,39,40,45)/t14-,15-,16+,17-,18+,19+,22+,23+,28+,29+/m0/s1. The van der Waals surface area contributed by atoms with Gasteiger partial charge in [0.2, 0.25) is 5.95 Å². The van der Waals surface area contributed by atoms with Crippen molar-refractivity contribution in [3.05, 3.63) is 29.3 Å². The average Bonchev–Trinajstić information content (AvgIpc) is 4.10. The predicted molar refractivity (Wildman–Crippen MR) is 225 cm³/mol. The number of phosphoric acid groups is 4. The number of rotatable bonds is 22. The van der Waals surface area contributed by atoms with Gasteiger partial charge in [0.1, 0.15) is 36.3 Å². The zero-order valence-electron chi connectivity index (χ0n) is 35.9. The number of nitrogens with two attached hydrogens (primary N) is 2. The molecule has 69 heavy (non-hydrogen) atoms. The van der Waals surface area contributed by atoms with Crippen LogP contribution < -0.4 is 22.3 Å². The normalized spacial score (nSPS) is 29.7. The number of imidazole rings is 2. The van der Waals surface area contributed by atoms with Gasteiger partial charge in [-0.2, -0.15) is 13.6 Å². The fourth-order valence-corrected chi connectivity index (χ4v) is 11.8. The lowest BCUT2D eigenvalue weighted by atomic mass is 10.00. The van der Waals surface area contributed by atoms with Crippen LogP contribution in [0.3, 0.4) is 0 Å². The third kappa shape index (κ3) is 12.8. The Hall–Kier alpha value is -3.95. The Labute approximate surface area is 386 Å². The van der Waals surface area contributed by atoms with Gasteiger partial charge in [0, 0.05) is 26.0 Å². The van der Waals surface area contributed by atoms with Gasteiger partial charge in [-0.1, -0.05) is 6.92 Å². The summed E-state index contributed by atoms with van der Waals surface area (Å²) in [6.07, 6.45) is -9.35. The molecule has 0 aliphatic carbocycles. The Bertz CT molecular complexity index is 2730. The number of alkyl carbamates (subject to hydrolysis) is 1. The van der Waals surface area contributed by atoms with Gasteiger partial charge in [0.15, 0.2) is 35.1 Å². The number of aromatic amines is 1. The second kappa shape index (κ2) is 21.4. The van der Waals surface area contributed by atoms with E-state index in [1.807, 2.05) is 0 Å². The van der Waals surface area contributed by atoms with Crippen LogP contribution in [0.2, 0.25) is 0 Å². The molecule has 4 aromatic rings. The highest BCUT2D eigenvalue weighted by molar-refractivity contribution is 7.66. The zero-order chi connectivity index (χ0) is 50.1.